The molecule has 0 aliphatic heterocycles. The van der Waals surface area contributed by atoms with E-state index in [2.05, 4.69) is 0 Å². The summed E-state index contributed by atoms with van der Waals surface area (Å²) >= 11 is 0. The van der Waals surface area contributed by atoms with E-state index >= 15 is 0 Å². The molecule has 68 valence electrons. The van der Waals surface area contributed by atoms with Crippen LogP contribution in [-0.4, -0.2) is 0 Å². The van der Waals surface area contributed by atoms with Crippen molar-refractivity contribution in [3.8, 4) is 12.3 Å². The third kappa shape index (κ3) is 2.00. The fourth-order valence-corrected chi connectivity index (χ4v) is 0.812. The molecule has 0 heterocycles. The molecule has 4 heteroatoms. The standard InChI is InChI=1S/C9H4F4/c1-2-6-5-7(9(11,12)13)3-4-8(6)10/h1,3-5H. The van der Waals surface area contributed by atoms with E-state index in [9.17, 15) is 17.6 Å². The highest BCUT2D eigenvalue weighted by atomic mass is 19.4. The summed E-state index contributed by atoms with van der Waals surface area (Å²) in [7, 11) is 0. The molecule has 0 unspecified atom stereocenters. The van der Waals surface area contributed by atoms with Gasteiger partial charge in [-0.2, -0.15) is 13.2 Å². The lowest BCUT2D eigenvalue weighted by Crippen LogP contribution is -2.05. The van der Waals surface area contributed by atoms with E-state index in [0.717, 1.165) is 0 Å². The second-order valence-corrected chi connectivity index (χ2v) is 2.34. The fourth-order valence-electron chi connectivity index (χ4n) is 0.812. The van der Waals surface area contributed by atoms with Gasteiger partial charge in [-0.25, -0.2) is 4.39 Å². The summed E-state index contributed by atoms with van der Waals surface area (Å²) in [4.78, 5) is 0. The number of rotatable bonds is 0. The van der Waals surface area contributed by atoms with Crippen LogP contribution in [0.1, 0.15) is 11.1 Å². The van der Waals surface area contributed by atoms with Crippen LogP contribution >= 0.6 is 0 Å². The molecule has 1 aromatic rings. The molecule has 0 spiro atoms. The van der Waals surface area contributed by atoms with Crippen LogP contribution in [0.25, 0.3) is 0 Å². The number of hydrogen-bond donors (Lipinski definition) is 0. The Hall–Kier alpha value is -1.50. The number of halogens is 4. The summed E-state index contributed by atoms with van der Waals surface area (Å²) in [5.74, 6) is 1.01. The van der Waals surface area contributed by atoms with Crippen LogP contribution in [0.5, 0.6) is 0 Å². The van der Waals surface area contributed by atoms with Crippen molar-refractivity contribution in [2.75, 3.05) is 0 Å². The molecular formula is C9H4F4. The lowest BCUT2D eigenvalue weighted by atomic mass is 10.1. The van der Waals surface area contributed by atoms with Gasteiger partial charge in [-0.05, 0) is 18.2 Å². The van der Waals surface area contributed by atoms with Gasteiger partial charge in [-0.1, -0.05) is 5.92 Å². The van der Waals surface area contributed by atoms with Crippen LogP contribution in [0.15, 0.2) is 18.2 Å². The Morgan fingerprint density at radius 1 is 1.23 bits per heavy atom. The number of terminal acetylenes is 1. The molecule has 0 atom stereocenters. The Balaban J connectivity index is 3.24. The van der Waals surface area contributed by atoms with E-state index < -0.39 is 17.6 Å². The molecular weight excluding hydrogens is 184 g/mol. The van der Waals surface area contributed by atoms with Crippen molar-refractivity contribution in [3.05, 3.63) is 35.1 Å². The van der Waals surface area contributed by atoms with Crippen molar-refractivity contribution < 1.29 is 17.6 Å². The zero-order chi connectivity index (χ0) is 10.1. The Labute approximate surface area is 72.2 Å². The van der Waals surface area contributed by atoms with Gasteiger partial charge in [0.15, 0.2) is 0 Å². The highest BCUT2D eigenvalue weighted by Gasteiger charge is 2.30. The number of hydrogen-bond acceptors (Lipinski definition) is 0. The molecule has 0 aromatic heterocycles. The summed E-state index contributed by atoms with van der Waals surface area (Å²) in [6, 6.07) is 1.96. The van der Waals surface area contributed by atoms with Gasteiger partial charge in [0.05, 0.1) is 11.1 Å². The van der Waals surface area contributed by atoms with E-state index in [0.29, 0.717) is 18.2 Å². The predicted octanol–water partition coefficient (Wildman–Crippen LogP) is 2.83. The largest absolute Gasteiger partial charge is 0.416 e. The fraction of sp³-hybridized carbons (Fsp3) is 0.111. The Kier molecular flexibility index (Phi) is 2.28. The highest BCUT2D eigenvalue weighted by Crippen LogP contribution is 2.29. The van der Waals surface area contributed by atoms with Crippen molar-refractivity contribution in [2.45, 2.75) is 6.18 Å². The summed E-state index contributed by atoms with van der Waals surface area (Å²) in [5, 5.41) is 0. The predicted molar refractivity (Wildman–Crippen MR) is 39.3 cm³/mol. The average Bonchev–Trinajstić information content (AvgIpc) is 2.03. The van der Waals surface area contributed by atoms with Crippen molar-refractivity contribution in [1.29, 1.82) is 0 Å². The van der Waals surface area contributed by atoms with Gasteiger partial charge < -0.3 is 0 Å². The van der Waals surface area contributed by atoms with E-state index in [1.54, 1.807) is 0 Å². The average molecular weight is 188 g/mol. The van der Waals surface area contributed by atoms with Crippen LogP contribution in [0.4, 0.5) is 17.6 Å². The van der Waals surface area contributed by atoms with Crippen molar-refractivity contribution in [2.24, 2.45) is 0 Å². The molecule has 13 heavy (non-hydrogen) atoms. The third-order valence-corrected chi connectivity index (χ3v) is 1.45. The minimum atomic E-state index is -4.49. The normalized spacial score (nSPS) is 11.0. The van der Waals surface area contributed by atoms with Gasteiger partial charge in [0, 0.05) is 0 Å². The molecule has 0 radical (unpaired) electrons. The molecule has 0 aliphatic rings. The first-order valence-corrected chi connectivity index (χ1v) is 3.28. The van der Waals surface area contributed by atoms with Gasteiger partial charge in [-0.15, -0.1) is 6.42 Å². The number of benzene rings is 1. The molecule has 0 N–H and O–H groups in total. The molecule has 0 nitrogen and oxygen atoms in total. The van der Waals surface area contributed by atoms with Crippen molar-refractivity contribution in [1.82, 2.24) is 0 Å². The Morgan fingerprint density at radius 2 is 1.85 bits per heavy atom. The first-order chi connectivity index (χ1) is 5.95. The smallest absolute Gasteiger partial charge is 0.206 e. The molecule has 0 aliphatic carbocycles. The highest BCUT2D eigenvalue weighted by molar-refractivity contribution is 5.37. The minimum absolute atomic E-state index is 0.380. The van der Waals surface area contributed by atoms with Gasteiger partial charge in [0.2, 0.25) is 0 Å². The lowest BCUT2D eigenvalue weighted by molar-refractivity contribution is -0.137. The lowest BCUT2D eigenvalue weighted by Gasteiger charge is -2.06. The topological polar surface area (TPSA) is 0 Å². The maximum absolute atomic E-state index is 12.6. The summed E-state index contributed by atoms with van der Waals surface area (Å²) in [5.41, 5.74) is -1.32. The Bertz CT molecular complexity index is 357. The van der Waals surface area contributed by atoms with E-state index in [1.165, 1.54) is 0 Å². The quantitative estimate of drug-likeness (QED) is 0.433. The second-order valence-electron chi connectivity index (χ2n) is 2.34. The molecule has 1 aromatic carbocycles. The van der Waals surface area contributed by atoms with Gasteiger partial charge >= 0.3 is 6.18 Å². The maximum atomic E-state index is 12.6. The van der Waals surface area contributed by atoms with Crippen LogP contribution in [-0.2, 0) is 6.18 Å². The summed E-state index contributed by atoms with van der Waals surface area (Å²) < 4.78 is 48.8. The Morgan fingerprint density at radius 3 is 2.31 bits per heavy atom. The molecule has 0 saturated carbocycles. The van der Waals surface area contributed by atoms with Gasteiger partial charge in [-0.3, -0.25) is 0 Å². The van der Waals surface area contributed by atoms with E-state index in [1.807, 2.05) is 5.92 Å². The van der Waals surface area contributed by atoms with Crippen LogP contribution in [0, 0.1) is 18.2 Å². The zero-order valence-electron chi connectivity index (χ0n) is 6.32. The molecule has 0 saturated heterocycles. The monoisotopic (exact) mass is 188 g/mol. The van der Waals surface area contributed by atoms with Crippen LogP contribution < -0.4 is 0 Å². The molecule has 0 fully saturated rings. The van der Waals surface area contributed by atoms with Crippen LogP contribution in [0.3, 0.4) is 0 Å². The second kappa shape index (κ2) is 3.09. The van der Waals surface area contributed by atoms with Gasteiger partial charge in [0.1, 0.15) is 5.82 Å². The van der Waals surface area contributed by atoms with Crippen LogP contribution in [0.2, 0.25) is 0 Å². The summed E-state index contributed by atoms with van der Waals surface area (Å²) in [6.07, 6.45) is 0.319. The van der Waals surface area contributed by atoms with Gasteiger partial charge in [0.25, 0.3) is 0 Å². The molecule has 0 bridgehead atoms. The SMILES string of the molecule is C#Cc1cc(C(F)(F)F)ccc1F. The maximum Gasteiger partial charge on any atom is 0.416 e. The minimum Gasteiger partial charge on any atom is -0.206 e. The van der Waals surface area contributed by atoms with Crippen molar-refractivity contribution in [3.63, 3.8) is 0 Å². The molecule has 0 amide bonds. The third-order valence-electron chi connectivity index (χ3n) is 1.45. The first-order valence-electron chi connectivity index (χ1n) is 3.28. The van der Waals surface area contributed by atoms with E-state index in [-0.39, 0.29) is 5.56 Å². The summed E-state index contributed by atoms with van der Waals surface area (Å²) in [6.45, 7) is 0. The zero-order valence-corrected chi connectivity index (χ0v) is 6.32. The number of alkyl halides is 3. The molecule has 1 rings (SSSR count). The first kappa shape index (κ1) is 9.59. The van der Waals surface area contributed by atoms with Crippen molar-refractivity contribution >= 4 is 0 Å². The van der Waals surface area contributed by atoms with E-state index in [4.69, 9.17) is 6.42 Å².